The summed E-state index contributed by atoms with van der Waals surface area (Å²) in [5, 5.41) is 8.83. The molecule has 4 rings (SSSR count). The molecule has 0 radical (unpaired) electrons. The molecule has 3 aromatic heterocycles. The summed E-state index contributed by atoms with van der Waals surface area (Å²) in [5.41, 5.74) is 3.15. The predicted octanol–water partition coefficient (Wildman–Crippen LogP) is 5.08. The largest absolute Gasteiger partial charge is 0.416 e. The minimum Gasteiger partial charge on any atom is -0.331 e. The molecule has 32 heavy (non-hydrogen) atoms. The molecule has 0 saturated heterocycles. The van der Waals surface area contributed by atoms with Crippen molar-refractivity contribution >= 4 is 34.9 Å². The number of nitrogens with zero attached hydrogens (tertiary/aromatic N) is 5. The summed E-state index contributed by atoms with van der Waals surface area (Å²) in [6.07, 6.45) is 4.35. The average Bonchev–Trinajstić information content (AvgIpc) is 3.20. The second-order valence-corrected chi connectivity index (χ2v) is 7.23. The van der Waals surface area contributed by atoms with Crippen LogP contribution in [0, 0.1) is 0 Å². The fraction of sp³-hybridized carbons (Fsp3) is 0.0909. The lowest BCUT2D eigenvalue weighted by atomic mass is 10.1. The van der Waals surface area contributed by atoms with Crippen molar-refractivity contribution < 1.29 is 13.2 Å². The van der Waals surface area contributed by atoms with Crippen LogP contribution in [-0.4, -0.2) is 37.8 Å². The van der Waals surface area contributed by atoms with Gasteiger partial charge in [0.2, 0.25) is 0 Å². The monoisotopic (exact) mass is 454 g/mol. The third kappa shape index (κ3) is 4.75. The molecule has 1 aromatic carbocycles. The van der Waals surface area contributed by atoms with E-state index in [0.29, 0.717) is 5.69 Å². The molecule has 0 unspecified atom stereocenters. The minimum atomic E-state index is -4.38. The third-order valence-electron chi connectivity index (χ3n) is 4.65. The zero-order chi connectivity index (χ0) is 22.7. The first-order chi connectivity index (χ1) is 15.3. The van der Waals surface area contributed by atoms with Crippen LogP contribution in [0.4, 0.5) is 18.9 Å². The van der Waals surface area contributed by atoms with Gasteiger partial charge in [-0.3, -0.25) is 9.38 Å². The summed E-state index contributed by atoms with van der Waals surface area (Å²) >= 11 is 5.29. The van der Waals surface area contributed by atoms with Crippen molar-refractivity contribution in [1.82, 2.24) is 19.4 Å². The SMILES string of the molecule is CN(/N=C/c1cnc2ccc(-c3cccnc3)cn12)C(=S)Nc1ccc(C(F)(F)F)cc1. The lowest BCUT2D eigenvalue weighted by Gasteiger charge is -2.16. The van der Waals surface area contributed by atoms with Gasteiger partial charge in [0.05, 0.1) is 23.7 Å². The maximum Gasteiger partial charge on any atom is 0.416 e. The summed E-state index contributed by atoms with van der Waals surface area (Å²) in [4.78, 5) is 8.52. The topological polar surface area (TPSA) is 57.8 Å². The number of benzene rings is 1. The van der Waals surface area contributed by atoms with Crippen molar-refractivity contribution in [2.45, 2.75) is 6.18 Å². The van der Waals surface area contributed by atoms with E-state index in [2.05, 4.69) is 20.4 Å². The Kier molecular flexibility index (Phi) is 5.87. The number of imidazole rings is 1. The molecular formula is C22H17F3N6S. The number of halogens is 3. The van der Waals surface area contributed by atoms with Gasteiger partial charge in [-0.2, -0.15) is 18.3 Å². The van der Waals surface area contributed by atoms with Gasteiger partial charge in [-0.25, -0.2) is 9.99 Å². The van der Waals surface area contributed by atoms with Gasteiger partial charge < -0.3 is 5.32 Å². The van der Waals surface area contributed by atoms with E-state index in [0.717, 1.165) is 34.6 Å². The van der Waals surface area contributed by atoms with E-state index >= 15 is 0 Å². The number of nitrogens with one attached hydrogen (secondary N) is 1. The number of pyridine rings is 2. The lowest BCUT2D eigenvalue weighted by Crippen LogP contribution is -2.26. The summed E-state index contributed by atoms with van der Waals surface area (Å²) in [5.74, 6) is 0. The van der Waals surface area contributed by atoms with Crippen LogP contribution < -0.4 is 5.32 Å². The van der Waals surface area contributed by atoms with E-state index in [4.69, 9.17) is 12.2 Å². The Balaban J connectivity index is 1.48. The van der Waals surface area contributed by atoms with E-state index in [9.17, 15) is 13.2 Å². The van der Waals surface area contributed by atoms with Crippen molar-refractivity contribution in [2.24, 2.45) is 5.10 Å². The standard InChI is InChI=1S/C22H17F3N6S/c1-30(21(32)29-18-7-5-17(6-8-18)22(23,24)25)28-13-19-12-27-20-9-4-16(14-31(19)20)15-3-2-10-26-11-15/h2-14H,1H3,(H,29,32)/b28-13+. The van der Waals surface area contributed by atoms with E-state index in [1.54, 1.807) is 31.9 Å². The first-order valence-electron chi connectivity index (χ1n) is 9.45. The average molecular weight is 454 g/mol. The van der Waals surface area contributed by atoms with Gasteiger partial charge in [0.25, 0.3) is 0 Å². The molecule has 10 heteroatoms. The van der Waals surface area contributed by atoms with Gasteiger partial charge in [0.1, 0.15) is 5.65 Å². The Morgan fingerprint density at radius 3 is 2.56 bits per heavy atom. The minimum absolute atomic E-state index is 0.228. The second kappa shape index (κ2) is 8.75. The Hall–Kier alpha value is -3.79. The second-order valence-electron chi connectivity index (χ2n) is 6.84. The number of fused-ring (bicyclic) bond motifs is 1. The fourth-order valence-corrected chi connectivity index (χ4v) is 3.11. The molecule has 0 fully saturated rings. The Morgan fingerprint density at radius 1 is 1.09 bits per heavy atom. The van der Waals surface area contributed by atoms with Gasteiger partial charge >= 0.3 is 6.18 Å². The highest BCUT2D eigenvalue weighted by Crippen LogP contribution is 2.29. The maximum atomic E-state index is 12.7. The molecule has 6 nitrogen and oxygen atoms in total. The molecule has 0 bridgehead atoms. The number of anilines is 1. The van der Waals surface area contributed by atoms with Gasteiger partial charge in [0, 0.05) is 42.5 Å². The third-order valence-corrected chi connectivity index (χ3v) is 5.02. The van der Waals surface area contributed by atoms with Crippen molar-refractivity contribution in [1.29, 1.82) is 0 Å². The number of alkyl halides is 3. The molecule has 3 heterocycles. The fourth-order valence-electron chi connectivity index (χ4n) is 2.94. The highest BCUT2D eigenvalue weighted by atomic mass is 32.1. The molecule has 4 aromatic rings. The first kappa shape index (κ1) is 21.4. The lowest BCUT2D eigenvalue weighted by molar-refractivity contribution is -0.137. The maximum absolute atomic E-state index is 12.7. The van der Waals surface area contributed by atoms with Crippen LogP contribution in [0.5, 0.6) is 0 Å². The molecule has 0 saturated carbocycles. The molecule has 0 atom stereocenters. The smallest absolute Gasteiger partial charge is 0.331 e. The van der Waals surface area contributed by atoms with Crippen LogP contribution in [0.1, 0.15) is 11.3 Å². The van der Waals surface area contributed by atoms with E-state index in [1.807, 2.05) is 34.9 Å². The molecule has 0 aliphatic carbocycles. The molecule has 0 aliphatic heterocycles. The van der Waals surface area contributed by atoms with Crippen molar-refractivity contribution in [3.8, 4) is 11.1 Å². The molecule has 0 aliphatic rings. The van der Waals surface area contributed by atoms with Gasteiger partial charge in [-0.05, 0) is 54.7 Å². The molecule has 1 N–H and O–H groups in total. The van der Waals surface area contributed by atoms with Crippen molar-refractivity contribution in [2.75, 3.05) is 12.4 Å². The number of rotatable bonds is 4. The summed E-state index contributed by atoms with van der Waals surface area (Å²) in [6, 6.07) is 12.3. The van der Waals surface area contributed by atoms with Crippen LogP contribution in [0.15, 0.2) is 78.4 Å². The number of hydrazone groups is 1. The van der Waals surface area contributed by atoms with Gasteiger partial charge in [-0.15, -0.1) is 0 Å². The number of hydrogen-bond donors (Lipinski definition) is 1. The summed E-state index contributed by atoms with van der Waals surface area (Å²) in [6.45, 7) is 0. The van der Waals surface area contributed by atoms with Crippen LogP contribution in [0.3, 0.4) is 0 Å². The summed E-state index contributed by atoms with van der Waals surface area (Å²) in [7, 11) is 1.64. The van der Waals surface area contributed by atoms with Crippen LogP contribution in [0.25, 0.3) is 16.8 Å². The van der Waals surface area contributed by atoms with E-state index < -0.39 is 11.7 Å². The molecule has 162 valence electrons. The Bertz CT molecular complexity index is 1270. The Morgan fingerprint density at radius 2 is 1.88 bits per heavy atom. The highest BCUT2D eigenvalue weighted by Gasteiger charge is 2.29. The van der Waals surface area contributed by atoms with Crippen molar-refractivity contribution in [3.63, 3.8) is 0 Å². The van der Waals surface area contributed by atoms with Gasteiger partial charge in [-0.1, -0.05) is 6.07 Å². The normalized spacial score (nSPS) is 11.8. The Labute approximate surface area is 187 Å². The number of aromatic nitrogens is 3. The highest BCUT2D eigenvalue weighted by molar-refractivity contribution is 7.80. The van der Waals surface area contributed by atoms with E-state index in [-0.39, 0.29) is 5.11 Å². The zero-order valence-electron chi connectivity index (χ0n) is 16.8. The molecule has 0 amide bonds. The van der Waals surface area contributed by atoms with Crippen LogP contribution in [-0.2, 0) is 6.18 Å². The zero-order valence-corrected chi connectivity index (χ0v) is 17.6. The summed E-state index contributed by atoms with van der Waals surface area (Å²) < 4.78 is 40.0. The number of hydrogen-bond acceptors (Lipinski definition) is 4. The van der Waals surface area contributed by atoms with Crippen LogP contribution in [0.2, 0.25) is 0 Å². The van der Waals surface area contributed by atoms with E-state index in [1.165, 1.54) is 17.1 Å². The predicted molar refractivity (Wildman–Crippen MR) is 121 cm³/mol. The van der Waals surface area contributed by atoms with Crippen LogP contribution >= 0.6 is 12.2 Å². The number of thiocarbonyl (C=S) groups is 1. The molecular weight excluding hydrogens is 437 g/mol. The van der Waals surface area contributed by atoms with Gasteiger partial charge in [0.15, 0.2) is 5.11 Å². The first-order valence-corrected chi connectivity index (χ1v) is 9.85. The van der Waals surface area contributed by atoms with Crippen molar-refractivity contribution in [3.05, 3.63) is 84.6 Å². The molecule has 0 spiro atoms. The quantitative estimate of drug-likeness (QED) is 0.265.